The molecule has 0 radical (unpaired) electrons. The van der Waals surface area contributed by atoms with E-state index in [2.05, 4.69) is 0 Å². The molecule has 1 aliphatic carbocycles. The van der Waals surface area contributed by atoms with Gasteiger partial charge in [0.15, 0.2) is 5.78 Å². The van der Waals surface area contributed by atoms with Crippen molar-refractivity contribution in [3.63, 3.8) is 0 Å². The summed E-state index contributed by atoms with van der Waals surface area (Å²) in [5, 5.41) is 3.55. The minimum absolute atomic E-state index is 0.0432. The van der Waals surface area contributed by atoms with E-state index >= 15 is 0 Å². The van der Waals surface area contributed by atoms with Crippen molar-refractivity contribution in [2.45, 2.75) is 32.2 Å². The van der Waals surface area contributed by atoms with Crippen LogP contribution in [0.3, 0.4) is 0 Å². The molecule has 1 aliphatic heterocycles. The van der Waals surface area contributed by atoms with Crippen LogP contribution in [-0.4, -0.2) is 41.3 Å². The number of hydrogen-bond acceptors (Lipinski definition) is 3. The molecule has 2 rings (SSSR count). The highest BCUT2D eigenvalue weighted by molar-refractivity contribution is 5.85. The molecule has 1 atom stereocenters. The van der Waals surface area contributed by atoms with Crippen LogP contribution in [0, 0.1) is 5.92 Å². The number of hydrazine groups is 1. The Hall–Kier alpha value is -0.900. The zero-order chi connectivity index (χ0) is 10.3. The molecule has 78 valence electrons. The van der Waals surface area contributed by atoms with Crippen LogP contribution in [0.1, 0.15) is 26.2 Å². The number of carbonyl (C=O) groups is 2. The summed E-state index contributed by atoms with van der Waals surface area (Å²) in [6.45, 7) is 1.75. The molecule has 0 N–H and O–H groups in total. The first-order valence-electron chi connectivity index (χ1n) is 5.12. The van der Waals surface area contributed by atoms with Crippen LogP contribution in [0.25, 0.3) is 0 Å². The van der Waals surface area contributed by atoms with Crippen LogP contribution in [0.5, 0.6) is 0 Å². The van der Waals surface area contributed by atoms with Crippen LogP contribution in [0.15, 0.2) is 0 Å². The predicted octanol–water partition coefficient (Wildman–Crippen LogP) is 0.433. The molecule has 14 heavy (non-hydrogen) atoms. The van der Waals surface area contributed by atoms with Gasteiger partial charge in [-0.2, -0.15) is 0 Å². The Bertz CT molecular complexity index is 273. The maximum Gasteiger partial charge on any atom is 0.238 e. The van der Waals surface area contributed by atoms with Crippen molar-refractivity contribution < 1.29 is 9.59 Å². The first kappa shape index (κ1) is 9.65. The summed E-state index contributed by atoms with van der Waals surface area (Å²) >= 11 is 0. The second-order valence-corrected chi connectivity index (χ2v) is 4.34. The monoisotopic (exact) mass is 196 g/mol. The summed E-state index contributed by atoms with van der Waals surface area (Å²) in [5.41, 5.74) is 0. The maximum absolute atomic E-state index is 11.6. The van der Waals surface area contributed by atoms with Gasteiger partial charge in [-0.05, 0) is 25.7 Å². The van der Waals surface area contributed by atoms with Crippen molar-refractivity contribution >= 4 is 11.7 Å². The van der Waals surface area contributed by atoms with Crippen LogP contribution in [0.4, 0.5) is 0 Å². The number of nitrogens with zero attached hydrogens (tertiary/aromatic N) is 2. The molecule has 1 amide bonds. The fourth-order valence-corrected chi connectivity index (χ4v) is 2.13. The third-order valence-electron chi connectivity index (χ3n) is 3.07. The number of hydrogen-bond donors (Lipinski definition) is 0. The van der Waals surface area contributed by atoms with Gasteiger partial charge in [0.05, 0.1) is 6.54 Å². The van der Waals surface area contributed by atoms with Crippen molar-refractivity contribution in [3.05, 3.63) is 0 Å². The van der Waals surface area contributed by atoms with Crippen molar-refractivity contribution in [1.29, 1.82) is 0 Å². The lowest BCUT2D eigenvalue weighted by Gasteiger charge is -2.27. The summed E-state index contributed by atoms with van der Waals surface area (Å²) in [7, 11) is 1.91. The fraction of sp³-hybridized carbons (Fsp3) is 0.800. The SMILES string of the molecule is CC(=O)CN1C(=O)CC(C2CC2)N1C. The third kappa shape index (κ3) is 1.66. The molecule has 2 aliphatic rings. The Morgan fingerprint density at radius 3 is 2.64 bits per heavy atom. The standard InChI is InChI=1S/C10H16N2O2/c1-7(13)6-12-10(14)5-9(11(12)2)8-3-4-8/h8-9H,3-6H2,1-2H3. The highest BCUT2D eigenvalue weighted by atomic mass is 16.2. The highest BCUT2D eigenvalue weighted by Gasteiger charge is 2.43. The van der Waals surface area contributed by atoms with Crippen molar-refractivity contribution in [2.24, 2.45) is 5.92 Å². The van der Waals surface area contributed by atoms with Crippen molar-refractivity contribution in [2.75, 3.05) is 13.6 Å². The van der Waals surface area contributed by atoms with Crippen LogP contribution in [-0.2, 0) is 9.59 Å². The number of Topliss-reactive ketones (excluding diaryl/α,β-unsaturated/α-hetero) is 1. The van der Waals surface area contributed by atoms with E-state index in [1.54, 1.807) is 5.01 Å². The minimum atomic E-state index is 0.0432. The molecule has 1 saturated carbocycles. The Morgan fingerprint density at radius 2 is 2.14 bits per heavy atom. The summed E-state index contributed by atoms with van der Waals surface area (Å²) in [6.07, 6.45) is 3.06. The molecule has 4 heteroatoms. The quantitative estimate of drug-likeness (QED) is 0.657. The van der Waals surface area contributed by atoms with Gasteiger partial charge in [-0.3, -0.25) is 14.6 Å². The number of carbonyl (C=O) groups excluding carboxylic acids is 2. The number of amides is 1. The molecule has 1 heterocycles. The van der Waals surface area contributed by atoms with Gasteiger partial charge in [0.25, 0.3) is 0 Å². The Balaban J connectivity index is 2.03. The zero-order valence-electron chi connectivity index (χ0n) is 8.69. The van der Waals surface area contributed by atoms with E-state index in [0.717, 1.165) is 0 Å². The first-order valence-corrected chi connectivity index (χ1v) is 5.12. The predicted molar refractivity (Wildman–Crippen MR) is 51.3 cm³/mol. The molecule has 0 aromatic carbocycles. The summed E-state index contributed by atoms with van der Waals surface area (Å²) in [6, 6.07) is 0.349. The molecular weight excluding hydrogens is 180 g/mol. The normalized spacial score (nSPS) is 28.6. The Morgan fingerprint density at radius 1 is 1.50 bits per heavy atom. The average Bonchev–Trinajstić information content (AvgIpc) is 2.88. The second kappa shape index (κ2) is 3.35. The van der Waals surface area contributed by atoms with Gasteiger partial charge in [-0.15, -0.1) is 0 Å². The van der Waals surface area contributed by atoms with Gasteiger partial charge in [0, 0.05) is 19.5 Å². The van der Waals surface area contributed by atoms with E-state index in [0.29, 0.717) is 18.4 Å². The highest BCUT2D eigenvalue weighted by Crippen LogP contribution is 2.39. The van der Waals surface area contributed by atoms with E-state index in [-0.39, 0.29) is 18.2 Å². The zero-order valence-corrected chi connectivity index (χ0v) is 8.69. The molecule has 0 spiro atoms. The van der Waals surface area contributed by atoms with Crippen LogP contribution < -0.4 is 0 Å². The average molecular weight is 196 g/mol. The van der Waals surface area contributed by atoms with Gasteiger partial charge in [-0.25, -0.2) is 5.01 Å². The van der Waals surface area contributed by atoms with Crippen LogP contribution >= 0.6 is 0 Å². The van der Waals surface area contributed by atoms with Gasteiger partial charge in [-0.1, -0.05) is 0 Å². The Labute approximate surface area is 83.8 Å². The third-order valence-corrected chi connectivity index (χ3v) is 3.07. The number of rotatable bonds is 3. The summed E-state index contributed by atoms with van der Waals surface area (Å²) in [5.74, 6) is 0.821. The van der Waals surface area contributed by atoms with E-state index < -0.39 is 0 Å². The van der Waals surface area contributed by atoms with E-state index in [4.69, 9.17) is 0 Å². The lowest BCUT2D eigenvalue weighted by molar-refractivity contribution is -0.141. The van der Waals surface area contributed by atoms with Crippen molar-refractivity contribution in [1.82, 2.24) is 10.0 Å². The molecule has 2 fully saturated rings. The van der Waals surface area contributed by atoms with Gasteiger partial charge < -0.3 is 0 Å². The van der Waals surface area contributed by atoms with Gasteiger partial charge in [0.1, 0.15) is 0 Å². The lowest BCUT2D eigenvalue weighted by atomic mass is 10.1. The largest absolute Gasteiger partial charge is 0.298 e. The van der Waals surface area contributed by atoms with Crippen LogP contribution in [0.2, 0.25) is 0 Å². The van der Waals surface area contributed by atoms with Gasteiger partial charge in [0.2, 0.25) is 5.91 Å². The molecule has 4 nitrogen and oxygen atoms in total. The molecule has 0 aromatic rings. The summed E-state index contributed by atoms with van der Waals surface area (Å²) < 4.78 is 0. The minimum Gasteiger partial charge on any atom is -0.298 e. The van der Waals surface area contributed by atoms with E-state index in [1.165, 1.54) is 19.8 Å². The van der Waals surface area contributed by atoms with E-state index in [1.807, 2.05) is 12.1 Å². The molecular formula is C10H16N2O2. The first-order chi connectivity index (χ1) is 6.59. The van der Waals surface area contributed by atoms with Gasteiger partial charge >= 0.3 is 0 Å². The fourth-order valence-electron chi connectivity index (χ4n) is 2.13. The number of ketones is 1. The topological polar surface area (TPSA) is 40.6 Å². The van der Waals surface area contributed by atoms with E-state index in [9.17, 15) is 9.59 Å². The Kier molecular flexibility index (Phi) is 2.31. The molecule has 0 aromatic heterocycles. The summed E-state index contributed by atoms with van der Waals surface area (Å²) in [4.78, 5) is 22.6. The smallest absolute Gasteiger partial charge is 0.238 e. The maximum atomic E-state index is 11.6. The molecule has 0 bridgehead atoms. The molecule has 1 unspecified atom stereocenters. The second-order valence-electron chi connectivity index (χ2n) is 4.34. The van der Waals surface area contributed by atoms with Crippen molar-refractivity contribution in [3.8, 4) is 0 Å². The lowest BCUT2D eigenvalue weighted by Crippen LogP contribution is -2.42. The molecule has 1 saturated heterocycles.